The van der Waals surface area contributed by atoms with E-state index in [1.54, 1.807) is 30.3 Å². The van der Waals surface area contributed by atoms with Crippen LogP contribution in [0.15, 0.2) is 86.0 Å². The number of nitrogens with one attached hydrogen (secondary N) is 3. The highest BCUT2D eigenvalue weighted by molar-refractivity contribution is 5.86. The minimum Gasteiger partial charge on any atom is -0.454 e. The Morgan fingerprint density at radius 2 is 1.57 bits per heavy atom. The lowest BCUT2D eigenvalue weighted by molar-refractivity contribution is -0.152. The number of ether oxygens (including phenoxy) is 2. The van der Waals surface area contributed by atoms with Gasteiger partial charge < -0.3 is 30.5 Å². The van der Waals surface area contributed by atoms with Gasteiger partial charge in [-0.25, -0.2) is 9.59 Å². The molecule has 0 aromatic heterocycles. The van der Waals surface area contributed by atoms with Crippen LogP contribution >= 0.6 is 0 Å². The first-order chi connectivity index (χ1) is 21.3. The normalized spacial score (nSPS) is 15.6. The number of hydrogen-bond donors (Lipinski definition) is 4. The number of carbonyl (C=O) groups excluding carboxylic acids is 4. The van der Waals surface area contributed by atoms with Gasteiger partial charge in [0.05, 0.1) is 24.6 Å². The lowest BCUT2D eigenvalue weighted by atomic mass is 9.95. The van der Waals surface area contributed by atoms with Crippen molar-refractivity contribution in [1.82, 2.24) is 16.0 Å². The van der Waals surface area contributed by atoms with E-state index in [2.05, 4.69) is 29.1 Å². The smallest absolute Gasteiger partial charge is 0.408 e. The molecule has 0 bridgehead atoms. The Balaban J connectivity index is 1.63. The number of rotatable bonds is 17. The van der Waals surface area contributed by atoms with Gasteiger partial charge >= 0.3 is 12.1 Å². The Hall–Kier alpha value is -4.44. The molecule has 0 saturated heterocycles. The highest BCUT2D eigenvalue weighted by atomic mass is 16.6. The fourth-order valence-corrected chi connectivity index (χ4v) is 5.17. The standard InChI is InChI=1S/C34H43N3O7/c1-3-13-27(21-30(39)37-34(24-38)19-11-12-20-34)31(40)35-22-29(26-17-9-6-10-18-26)44-32(41)28(14-4-2)36-33(42)43-23-25-15-7-5-8-16-25/h3-10,15-18,27-29,38H,1-2,11-14,19-24H2,(H,35,40)(H,36,42)(H,37,39)/t27-,28-,29-/m1/s1. The first kappa shape index (κ1) is 34.1. The molecule has 4 N–H and O–H groups in total. The average Bonchev–Trinajstić information content (AvgIpc) is 3.51. The van der Waals surface area contributed by atoms with Crippen LogP contribution in [0.5, 0.6) is 0 Å². The van der Waals surface area contributed by atoms with Gasteiger partial charge in [0.25, 0.3) is 0 Å². The quantitative estimate of drug-likeness (QED) is 0.156. The number of hydrogen-bond acceptors (Lipinski definition) is 7. The number of aliphatic hydroxyl groups is 1. The number of esters is 1. The van der Waals surface area contributed by atoms with Crippen molar-refractivity contribution >= 4 is 23.9 Å². The topological polar surface area (TPSA) is 143 Å². The van der Waals surface area contributed by atoms with Crippen molar-refractivity contribution in [2.24, 2.45) is 5.92 Å². The van der Waals surface area contributed by atoms with Crippen LogP contribution < -0.4 is 16.0 Å². The zero-order valence-corrected chi connectivity index (χ0v) is 25.0. The van der Waals surface area contributed by atoms with Gasteiger partial charge in [0.15, 0.2) is 0 Å². The summed E-state index contributed by atoms with van der Waals surface area (Å²) in [5, 5.41) is 18.1. The molecule has 0 aliphatic heterocycles. The molecule has 236 valence electrons. The fourth-order valence-electron chi connectivity index (χ4n) is 5.17. The van der Waals surface area contributed by atoms with Gasteiger partial charge in [-0.2, -0.15) is 0 Å². The van der Waals surface area contributed by atoms with Gasteiger partial charge in [0.1, 0.15) is 18.8 Å². The third-order valence-corrected chi connectivity index (χ3v) is 7.60. The Morgan fingerprint density at radius 3 is 2.18 bits per heavy atom. The Morgan fingerprint density at radius 1 is 0.932 bits per heavy atom. The summed E-state index contributed by atoms with van der Waals surface area (Å²) in [5.41, 5.74) is 0.793. The lowest BCUT2D eigenvalue weighted by Crippen LogP contribution is -2.50. The molecule has 1 aliphatic rings. The average molecular weight is 606 g/mol. The maximum atomic E-state index is 13.2. The number of amides is 3. The number of alkyl carbamates (subject to hydrolysis) is 1. The Labute approximate surface area is 258 Å². The SMILES string of the molecule is C=CC[C@H](CC(=O)NC1(CO)CCCC1)C(=O)NC[C@@H](OC(=O)[C@@H](CC=C)NC(=O)OCc1ccccc1)c1ccccc1. The minimum atomic E-state index is -1.07. The van der Waals surface area contributed by atoms with Crippen LogP contribution in [-0.2, 0) is 30.5 Å². The van der Waals surface area contributed by atoms with Crippen molar-refractivity contribution in [3.63, 3.8) is 0 Å². The summed E-state index contributed by atoms with van der Waals surface area (Å²) in [6.07, 6.45) is 4.93. The van der Waals surface area contributed by atoms with Gasteiger partial charge in [0, 0.05) is 6.42 Å². The van der Waals surface area contributed by atoms with E-state index in [1.165, 1.54) is 6.08 Å². The molecule has 0 unspecified atom stereocenters. The van der Waals surface area contributed by atoms with Gasteiger partial charge in [-0.3, -0.25) is 9.59 Å². The molecule has 1 saturated carbocycles. The van der Waals surface area contributed by atoms with Crippen molar-refractivity contribution in [3.05, 3.63) is 97.1 Å². The van der Waals surface area contributed by atoms with Gasteiger partial charge in [-0.15, -0.1) is 13.2 Å². The van der Waals surface area contributed by atoms with Crippen LogP contribution in [0.4, 0.5) is 4.79 Å². The number of aliphatic hydroxyl groups excluding tert-OH is 1. The first-order valence-electron chi connectivity index (χ1n) is 14.9. The molecule has 2 aromatic carbocycles. The van der Waals surface area contributed by atoms with E-state index in [0.717, 1.165) is 18.4 Å². The van der Waals surface area contributed by atoms with Crippen molar-refractivity contribution < 1.29 is 33.8 Å². The maximum Gasteiger partial charge on any atom is 0.408 e. The molecule has 10 nitrogen and oxygen atoms in total. The molecule has 0 heterocycles. The van der Waals surface area contributed by atoms with Gasteiger partial charge in [-0.1, -0.05) is 85.7 Å². The van der Waals surface area contributed by atoms with E-state index in [1.807, 2.05) is 36.4 Å². The molecule has 1 aliphatic carbocycles. The predicted molar refractivity (Wildman–Crippen MR) is 166 cm³/mol. The summed E-state index contributed by atoms with van der Waals surface area (Å²) < 4.78 is 11.1. The number of benzene rings is 2. The summed E-state index contributed by atoms with van der Waals surface area (Å²) in [6, 6.07) is 17.0. The zero-order chi connectivity index (χ0) is 31.8. The molecule has 0 spiro atoms. The molecule has 44 heavy (non-hydrogen) atoms. The van der Waals surface area contributed by atoms with Crippen molar-refractivity contribution in [2.75, 3.05) is 13.2 Å². The number of allylic oxidation sites excluding steroid dienone is 1. The lowest BCUT2D eigenvalue weighted by Gasteiger charge is -2.29. The molecule has 10 heteroatoms. The van der Waals surface area contributed by atoms with E-state index in [0.29, 0.717) is 18.4 Å². The minimum absolute atomic E-state index is 0.0338. The first-order valence-corrected chi connectivity index (χ1v) is 14.9. The second kappa shape index (κ2) is 17.6. The molecule has 3 atom stereocenters. The molecule has 2 aromatic rings. The maximum absolute atomic E-state index is 13.2. The predicted octanol–water partition coefficient (Wildman–Crippen LogP) is 4.26. The Kier molecular flexibility index (Phi) is 13.6. The summed E-state index contributed by atoms with van der Waals surface area (Å²) in [7, 11) is 0. The van der Waals surface area contributed by atoms with Crippen molar-refractivity contribution in [3.8, 4) is 0 Å². The van der Waals surface area contributed by atoms with E-state index in [9.17, 15) is 24.3 Å². The van der Waals surface area contributed by atoms with E-state index in [4.69, 9.17) is 9.47 Å². The van der Waals surface area contributed by atoms with Crippen LogP contribution in [0.25, 0.3) is 0 Å². The summed E-state index contributed by atoms with van der Waals surface area (Å²) >= 11 is 0. The largest absolute Gasteiger partial charge is 0.454 e. The summed E-state index contributed by atoms with van der Waals surface area (Å²) in [5.74, 6) is -2.14. The van der Waals surface area contributed by atoms with Crippen molar-refractivity contribution in [1.29, 1.82) is 0 Å². The third kappa shape index (κ3) is 10.7. The fraction of sp³-hybridized carbons (Fsp3) is 0.412. The molecule has 1 fully saturated rings. The van der Waals surface area contributed by atoms with Gasteiger partial charge in [0.2, 0.25) is 11.8 Å². The zero-order valence-electron chi connectivity index (χ0n) is 25.0. The molecule has 3 amide bonds. The highest BCUT2D eigenvalue weighted by Gasteiger charge is 2.35. The Bertz CT molecular complexity index is 1250. The second-order valence-corrected chi connectivity index (χ2v) is 11.0. The van der Waals surface area contributed by atoms with E-state index < -0.39 is 41.6 Å². The summed E-state index contributed by atoms with van der Waals surface area (Å²) in [6.45, 7) is 7.22. The van der Waals surface area contributed by atoms with Crippen LogP contribution in [0, 0.1) is 5.92 Å². The number of carbonyl (C=O) groups is 4. The van der Waals surface area contributed by atoms with Crippen LogP contribution in [0.3, 0.4) is 0 Å². The van der Waals surface area contributed by atoms with E-state index >= 15 is 0 Å². The van der Waals surface area contributed by atoms with Gasteiger partial charge in [-0.05, 0) is 36.8 Å². The van der Waals surface area contributed by atoms with Crippen LogP contribution in [0.1, 0.15) is 62.2 Å². The van der Waals surface area contributed by atoms with Crippen molar-refractivity contribution in [2.45, 2.75) is 69.2 Å². The summed E-state index contributed by atoms with van der Waals surface area (Å²) in [4.78, 5) is 51.8. The molecule has 0 radical (unpaired) electrons. The van der Waals surface area contributed by atoms with Crippen LogP contribution in [0.2, 0.25) is 0 Å². The third-order valence-electron chi connectivity index (χ3n) is 7.60. The highest BCUT2D eigenvalue weighted by Crippen LogP contribution is 2.29. The monoisotopic (exact) mass is 605 g/mol. The molecule has 3 rings (SSSR count). The second-order valence-electron chi connectivity index (χ2n) is 11.0. The van der Waals surface area contributed by atoms with E-state index in [-0.39, 0.29) is 44.9 Å². The van der Waals surface area contributed by atoms with Crippen LogP contribution in [-0.4, -0.2) is 53.7 Å². The molecular weight excluding hydrogens is 562 g/mol. The molecular formula is C34H43N3O7.